The summed E-state index contributed by atoms with van der Waals surface area (Å²) in [4.78, 5) is 0. The van der Waals surface area contributed by atoms with Gasteiger partial charge in [-0.1, -0.05) is 41.9 Å². The molecule has 3 heteroatoms. The van der Waals surface area contributed by atoms with Gasteiger partial charge in [0, 0.05) is 6.61 Å². The molecule has 1 nitrogen and oxygen atoms in total. The summed E-state index contributed by atoms with van der Waals surface area (Å²) in [6.07, 6.45) is 2.75. The fraction of sp³-hybridized carbons (Fsp3) is 0.333. The fourth-order valence-electron chi connectivity index (χ4n) is 1.16. The molecule has 1 rings (SSSR count). The lowest BCUT2D eigenvalue weighted by Crippen LogP contribution is -1.94. The van der Waals surface area contributed by atoms with Gasteiger partial charge in [0.15, 0.2) is 5.29 Å². The van der Waals surface area contributed by atoms with Gasteiger partial charge in [-0.15, -0.1) is 0 Å². The summed E-state index contributed by atoms with van der Waals surface area (Å²) in [6.45, 7) is 1.23. The maximum atomic E-state index is 12.1. The summed E-state index contributed by atoms with van der Waals surface area (Å²) in [5.74, 6) is 0. The predicted molar refractivity (Wildman–Crippen MR) is 60.4 cm³/mol. The molecule has 0 saturated carbocycles. The van der Waals surface area contributed by atoms with Gasteiger partial charge in [-0.3, -0.25) is 0 Å². The van der Waals surface area contributed by atoms with E-state index in [9.17, 15) is 4.39 Å². The number of ether oxygens (including phenoxy) is 1. The lowest BCUT2D eigenvalue weighted by atomic mass is 10.2. The second kappa shape index (κ2) is 7.43. The van der Waals surface area contributed by atoms with Gasteiger partial charge in [0.05, 0.1) is 6.61 Å². The summed E-state index contributed by atoms with van der Waals surface area (Å²) in [6, 6.07) is 9.95. The number of hydrogen-bond acceptors (Lipinski definition) is 1. The smallest absolute Gasteiger partial charge is 0.185 e. The first kappa shape index (κ1) is 12.2. The van der Waals surface area contributed by atoms with E-state index in [1.807, 2.05) is 30.3 Å². The van der Waals surface area contributed by atoms with Crippen molar-refractivity contribution in [2.75, 3.05) is 6.61 Å². The second-order valence-electron chi connectivity index (χ2n) is 3.17. The van der Waals surface area contributed by atoms with Crippen LogP contribution in [0.3, 0.4) is 0 Å². The molecular formula is C12H14ClFO. The van der Waals surface area contributed by atoms with Crippen LogP contribution in [0.5, 0.6) is 0 Å². The van der Waals surface area contributed by atoms with Crippen molar-refractivity contribution >= 4 is 11.6 Å². The van der Waals surface area contributed by atoms with Gasteiger partial charge >= 0.3 is 0 Å². The number of hydrogen-bond donors (Lipinski definition) is 0. The van der Waals surface area contributed by atoms with Crippen LogP contribution in [0.2, 0.25) is 0 Å². The molecular weight excluding hydrogens is 215 g/mol. The van der Waals surface area contributed by atoms with Crippen LogP contribution in [0, 0.1) is 0 Å². The van der Waals surface area contributed by atoms with Crippen LogP contribution < -0.4 is 0 Å². The third kappa shape index (κ3) is 6.26. The number of unbranched alkanes of at least 4 members (excludes halogenated alkanes) is 1. The Kier molecular flexibility index (Phi) is 6.05. The second-order valence-corrected chi connectivity index (χ2v) is 3.54. The van der Waals surface area contributed by atoms with Gasteiger partial charge in [-0.2, -0.15) is 4.39 Å². The lowest BCUT2D eigenvalue weighted by Gasteiger charge is -2.02. The predicted octanol–water partition coefficient (Wildman–Crippen LogP) is 4.03. The molecule has 0 aliphatic rings. The van der Waals surface area contributed by atoms with Crippen molar-refractivity contribution in [1.29, 1.82) is 0 Å². The Morgan fingerprint density at radius 1 is 1.33 bits per heavy atom. The molecule has 0 atom stereocenters. The van der Waals surface area contributed by atoms with Gasteiger partial charge in [0.25, 0.3) is 0 Å². The van der Waals surface area contributed by atoms with E-state index in [1.54, 1.807) is 0 Å². The minimum atomic E-state index is -0.641. The SMILES string of the molecule is FC(Cl)=CCCCOCc1ccccc1. The normalized spacial score (nSPS) is 11.7. The molecule has 82 valence electrons. The molecule has 0 unspecified atom stereocenters. The van der Waals surface area contributed by atoms with Crippen molar-refractivity contribution in [2.24, 2.45) is 0 Å². The summed E-state index contributed by atoms with van der Waals surface area (Å²) in [5, 5.41) is -0.641. The Morgan fingerprint density at radius 3 is 2.73 bits per heavy atom. The van der Waals surface area contributed by atoms with Crippen molar-refractivity contribution in [3.8, 4) is 0 Å². The summed E-state index contributed by atoms with van der Waals surface area (Å²) >= 11 is 5.04. The van der Waals surface area contributed by atoms with Crippen LogP contribution in [0.1, 0.15) is 18.4 Å². The van der Waals surface area contributed by atoms with Crippen LogP contribution in [-0.2, 0) is 11.3 Å². The zero-order valence-corrected chi connectivity index (χ0v) is 9.21. The Balaban J connectivity index is 2.05. The van der Waals surface area contributed by atoms with E-state index in [0.29, 0.717) is 19.6 Å². The van der Waals surface area contributed by atoms with Crippen LogP contribution in [0.4, 0.5) is 4.39 Å². The topological polar surface area (TPSA) is 9.23 Å². The highest BCUT2D eigenvalue weighted by Crippen LogP contribution is 2.06. The van der Waals surface area contributed by atoms with Gasteiger partial charge in [-0.25, -0.2) is 0 Å². The maximum absolute atomic E-state index is 12.1. The van der Waals surface area contributed by atoms with Gasteiger partial charge < -0.3 is 4.74 Å². The highest BCUT2D eigenvalue weighted by atomic mass is 35.5. The Labute approximate surface area is 94.5 Å². The lowest BCUT2D eigenvalue weighted by molar-refractivity contribution is 0.119. The van der Waals surface area contributed by atoms with Crippen molar-refractivity contribution in [1.82, 2.24) is 0 Å². The molecule has 0 N–H and O–H groups in total. The molecule has 0 saturated heterocycles. The van der Waals surface area contributed by atoms with Crippen LogP contribution >= 0.6 is 11.6 Å². The molecule has 1 aromatic rings. The number of halogens is 2. The molecule has 0 amide bonds. The molecule has 15 heavy (non-hydrogen) atoms. The zero-order valence-electron chi connectivity index (χ0n) is 8.46. The first-order valence-electron chi connectivity index (χ1n) is 4.92. The van der Waals surface area contributed by atoms with E-state index in [-0.39, 0.29) is 0 Å². The summed E-state index contributed by atoms with van der Waals surface area (Å²) < 4.78 is 17.5. The number of benzene rings is 1. The largest absolute Gasteiger partial charge is 0.377 e. The fourth-order valence-corrected chi connectivity index (χ4v) is 1.27. The van der Waals surface area contributed by atoms with Gasteiger partial charge in [0.2, 0.25) is 0 Å². The summed E-state index contributed by atoms with van der Waals surface area (Å²) in [7, 11) is 0. The van der Waals surface area contributed by atoms with E-state index in [0.717, 1.165) is 12.0 Å². The maximum Gasteiger partial charge on any atom is 0.185 e. The highest BCUT2D eigenvalue weighted by molar-refractivity contribution is 6.28. The minimum Gasteiger partial charge on any atom is -0.377 e. The van der Waals surface area contributed by atoms with Crippen LogP contribution in [-0.4, -0.2) is 6.61 Å². The Hall–Kier alpha value is -0.860. The van der Waals surface area contributed by atoms with Crippen molar-refractivity contribution < 1.29 is 9.13 Å². The molecule has 0 aliphatic heterocycles. The molecule has 0 heterocycles. The zero-order chi connectivity index (χ0) is 10.9. The van der Waals surface area contributed by atoms with Crippen molar-refractivity contribution in [3.05, 3.63) is 47.3 Å². The first-order chi connectivity index (χ1) is 7.29. The van der Waals surface area contributed by atoms with E-state index in [1.165, 1.54) is 6.08 Å². The Morgan fingerprint density at radius 2 is 2.07 bits per heavy atom. The highest BCUT2D eigenvalue weighted by Gasteiger charge is 1.92. The molecule has 0 spiro atoms. The van der Waals surface area contributed by atoms with E-state index in [4.69, 9.17) is 16.3 Å². The molecule has 0 aliphatic carbocycles. The molecule has 1 aromatic carbocycles. The third-order valence-electron chi connectivity index (χ3n) is 1.90. The van der Waals surface area contributed by atoms with Gasteiger partial charge in [-0.05, 0) is 24.5 Å². The van der Waals surface area contributed by atoms with Crippen LogP contribution in [0.15, 0.2) is 41.7 Å². The monoisotopic (exact) mass is 228 g/mol. The number of rotatable bonds is 6. The molecule has 0 fully saturated rings. The molecule has 0 aromatic heterocycles. The van der Waals surface area contributed by atoms with Crippen LogP contribution in [0.25, 0.3) is 0 Å². The standard InChI is InChI=1S/C12H14ClFO/c13-12(14)8-4-5-9-15-10-11-6-2-1-3-7-11/h1-3,6-8H,4-5,9-10H2. The number of allylic oxidation sites excluding steroid dienone is 1. The van der Waals surface area contributed by atoms with E-state index in [2.05, 4.69) is 0 Å². The summed E-state index contributed by atoms with van der Waals surface area (Å²) in [5.41, 5.74) is 1.15. The average molecular weight is 229 g/mol. The Bertz CT molecular complexity index is 294. The third-order valence-corrected chi connectivity index (χ3v) is 2.06. The van der Waals surface area contributed by atoms with Gasteiger partial charge in [0.1, 0.15) is 0 Å². The quantitative estimate of drug-likeness (QED) is 0.668. The van der Waals surface area contributed by atoms with Crippen molar-refractivity contribution in [2.45, 2.75) is 19.4 Å². The first-order valence-corrected chi connectivity index (χ1v) is 5.29. The average Bonchev–Trinajstić information content (AvgIpc) is 2.24. The van der Waals surface area contributed by atoms with Crippen molar-refractivity contribution in [3.63, 3.8) is 0 Å². The molecule has 0 bridgehead atoms. The minimum absolute atomic E-state index is 0.605. The van der Waals surface area contributed by atoms with E-state index >= 15 is 0 Å². The molecule has 0 radical (unpaired) electrons. The van der Waals surface area contributed by atoms with E-state index < -0.39 is 5.29 Å².